The molecule has 4 heteroatoms. The van der Waals surface area contributed by atoms with Crippen LogP contribution in [-0.2, 0) is 6.54 Å². The third kappa shape index (κ3) is 2.69. The van der Waals surface area contributed by atoms with Gasteiger partial charge in [-0.3, -0.25) is 0 Å². The van der Waals surface area contributed by atoms with Crippen LogP contribution in [0.5, 0.6) is 0 Å². The van der Waals surface area contributed by atoms with Crippen LogP contribution in [0.15, 0.2) is 41.0 Å². The van der Waals surface area contributed by atoms with Gasteiger partial charge in [0.25, 0.3) is 0 Å². The Hall–Kier alpha value is -2.28. The van der Waals surface area contributed by atoms with Crippen LogP contribution < -0.4 is 4.90 Å². The van der Waals surface area contributed by atoms with Gasteiger partial charge in [-0.2, -0.15) is 5.26 Å². The van der Waals surface area contributed by atoms with Crippen LogP contribution in [0.3, 0.4) is 0 Å². The highest BCUT2D eigenvalue weighted by atomic mass is 19.1. The predicted octanol–water partition coefficient (Wildman–Crippen LogP) is 3.32. The number of benzene rings is 1. The number of hydrogen-bond donors (Lipinski definition) is 0. The molecule has 1 heterocycles. The van der Waals surface area contributed by atoms with E-state index in [2.05, 4.69) is 0 Å². The Morgan fingerprint density at radius 3 is 2.83 bits per heavy atom. The Morgan fingerprint density at radius 2 is 2.22 bits per heavy atom. The fraction of sp³-hybridized carbons (Fsp3) is 0.214. The minimum Gasteiger partial charge on any atom is -0.467 e. The number of furan rings is 1. The quantitative estimate of drug-likeness (QED) is 0.828. The van der Waals surface area contributed by atoms with Gasteiger partial charge in [-0.25, -0.2) is 4.39 Å². The van der Waals surface area contributed by atoms with Gasteiger partial charge < -0.3 is 9.32 Å². The fourth-order valence-electron chi connectivity index (χ4n) is 1.80. The third-order valence-electron chi connectivity index (χ3n) is 2.69. The van der Waals surface area contributed by atoms with E-state index in [1.165, 1.54) is 12.1 Å². The molecule has 0 atom stereocenters. The van der Waals surface area contributed by atoms with E-state index in [4.69, 9.17) is 9.68 Å². The molecule has 0 N–H and O–H groups in total. The van der Waals surface area contributed by atoms with E-state index in [1.54, 1.807) is 12.3 Å². The first-order chi connectivity index (χ1) is 8.72. The molecule has 0 unspecified atom stereocenters. The largest absolute Gasteiger partial charge is 0.467 e. The molecule has 3 nitrogen and oxygen atoms in total. The summed E-state index contributed by atoms with van der Waals surface area (Å²) in [5.74, 6) is 0.404. The second kappa shape index (κ2) is 5.37. The van der Waals surface area contributed by atoms with Gasteiger partial charge >= 0.3 is 0 Å². The highest BCUT2D eigenvalue weighted by molar-refractivity contribution is 5.52. The Balaban J connectivity index is 2.27. The summed E-state index contributed by atoms with van der Waals surface area (Å²) in [4.78, 5) is 1.95. The van der Waals surface area contributed by atoms with Crippen molar-refractivity contribution in [2.75, 3.05) is 11.4 Å². The number of nitriles is 1. The van der Waals surface area contributed by atoms with Gasteiger partial charge in [-0.15, -0.1) is 0 Å². The van der Waals surface area contributed by atoms with E-state index in [0.717, 1.165) is 5.76 Å². The number of rotatable bonds is 4. The van der Waals surface area contributed by atoms with Crippen molar-refractivity contribution in [1.29, 1.82) is 5.26 Å². The van der Waals surface area contributed by atoms with Crippen LogP contribution in [0.2, 0.25) is 0 Å². The normalized spacial score (nSPS) is 10.1. The van der Waals surface area contributed by atoms with Crippen molar-refractivity contribution in [1.82, 2.24) is 0 Å². The topological polar surface area (TPSA) is 40.2 Å². The molecule has 0 aliphatic carbocycles. The summed E-state index contributed by atoms with van der Waals surface area (Å²) in [6, 6.07) is 9.97. The van der Waals surface area contributed by atoms with Gasteiger partial charge in [-0.05, 0) is 37.3 Å². The Kier molecular flexibility index (Phi) is 3.63. The second-order valence-electron chi connectivity index (χ2n) is 3.90. The molecule has 92 valence electrons. The van der Waals surface area contributed by atoms with Crippen LogP contribution in [0, 0.1) is 17.1 Å². The molecule has 0 saturated carbocycles. The van der Waals surface area contributed by atoms with Crippen LogP contribution in [0.4, 0.5) is 10.1 Å². The van der Waals surface area contributed by atoms with E-state index in [0.29, 0.717) is 24.3 Å². The average Bonchev–Trinajstić information content (AvgIpc) is 2.88. The molecule has 1 aromatic carbocycles. The lowest BCUT2D eigenvalue weighted by molar-refractivity contribution is 0.503. The van der Waals surface area contributed by atoms with Gasteiger partial charge in [0.2, 0.25) is 0 Å². The zero-order valence-corrected chi connectivity index (χ0v) is 10.1. The minimum atomic E-state index is -0.401. The molecule has 0 saturated heterocycles. The van der Waals surface area contributed by atoms with Gasteiger partial charge in [0.1, 0.15) is 11.6 Å². The van der Waals surface area contributed by atoms with E-state index in [9.17, 15) is 4.39 Å². The summed E-state index contributed by atoms with van der Waals surface area (Å²) in [7, 11) is 0. The average molecular weight is 244 g/mol. The van der Waals surface area contributed by atoms with Crippen molar-refractivity contribution in [3.63, 3.8) is 0 Å². The van der Waals surface area contributed by atoms with E-state index in [-0.39, 0.29) is 0 Å². The highest BCUT2D eigenvalue weighted by Gasteiger charge is 2.09. The summed E-state index contributed by atoms with van der Waals surface area (Å²) < 4.78 is 18.7. The lowest BCUT2D eigenvalue weighted by atomic mass is 10.2. The minimum absolute atomic E-state index is 0.322. The molecule has 0 aliphatic heterocycles. The third-order valence-corrected chi connectivity index (χ3v) is 2.69. The summed E-state index contributed by atoms with van der Waals surface area (Å²) in [6.45, 7) is 3.23. The van der Waals surface area contributed by atoms with Crippen molar-refractivity contribution >= 4 is 5.69 Å². The standard InChI is InChI=1S/C14H13FN2O/c1-2-17(10-14-4-3-5-18-14)13-7-11(9-16)6-12(15)8-13/h3-8H,2,10H2,1H3. The number of nitrogens with zero attached hydrogens (tertiary/aromatic N) is 2. The number of halogens is 1. The molecular formula is C14H13FN2O. The monoisotopic (exact) mass is 244 g/mol. The van der Waals surface area contributed by atoms with Gasteiger partial charge in [0.05, 0.1) is 24.4 Å². The Bertz CT molecular complexity index is 558. The number of anilines is 1. The molecule has 2 aromatic rings. The van der Waals surface area contributed by atoms with Crippen molar-refractivity contribution in [3.8, 4) is 6.07 Å². The van der Waals surface area contributed by atoms with Crippen LogP contribution in [-0.4, -0.2) is 6.54 Å². The van der Waals surface area contributed by atoms with Gasteiger partial charge in [0, 0.05) is 12.2 Å². The molecular weight excluding hydrogens is 231 g/mol. The van der Waals surface area contributed by atoms with Crippen LogP contribution in [0.25, 0.3) is 0 Å². The molecule has 0 fully saturated rings. The van der Waals surface area contributed by atoms with Gasteiger partial charge in [-0.1, -0.05) is 0 Å². The first kappa shape index (κ1) is 12.2. The zero-order valence-electron chi connectivity index (χ0n) is 10.1. The molecule has 0 bridgehead atoms. The summed E-state index contributed by atoms with van der Waals surface area (Å²) in [6.07, 6.45) is 1.61. The maximum Gasteiger partial charge on any atom is 0.126 e. The predicted molar refractivity (Wildman–Crippen MR) is 66.5 cm³/mol. The first-order valence-corrected chi connectivity index (χ1v) is 5.71. The molecule has 0 radical (unpaired) electrons. The van der Waals surface area contributed by atoms with E-state index in [1.807, 2.05) is 30.0 Å². The smallest absolute Gasteiger partial charge is 0.126 e. The van der Waals surface area contributed by atoms with Crippen molar-refractivity contribution in [2.45, 2.75) is 13.5 Å². The fourth-order valence-corrected chi connectivity index (χ4v) is 1.80. The van der Waals surface area contributed by atoms with E-state index < -0.39 is 5.82 Å². The van der Waals surface area contributed by atoms with Gasteiger partial charge in [0.15, 0.2) is 0 Å². The first-order valence-electron chi connectivity index (χ1n) is 5.71. The zero-order chi connectivity index (χ0) is 13.0. The SMILES string of the molecule is CCN(Cc1ccco1)c1cc(F)cc(C#N)c1. The summed E-state index contributed by atoms with van der Waals surface area (Å²) in [5.41, 5.74) is 1.01. The number of hydrogen-bond acceptors (Lipinski definition) is 3. The van der Waals surface area contributed by atoms with Crippen molar-refractivity contribution in [2.24, 2.45) is 0 Å². The highest BCUT2D eigenvalue weighted by Crippen LogP contribution is 2.20. The molecule has 1 aromatic heterocycles. The molecule has 18 heavy (non-hydrogen) atoms. The Labute approximate surface area is 105 Å². The summed E-state index contributed by atoms with van der Waals surface area (Å²) >= 11 is 0. The second-order valence-corrected chi connectivity index (χ2v) is 3.90. The van der Waals surface area contributed by atoms with E-state index >= 15 is 0 Å². The Morgan fingerprint density at radius 1 is 1.39 bits per heavy atom. The van der Waals surface area contributed by atoms with Crippen molar-refractivity contribution in [3.05, 3.63) is 53.7 Å². The molecule has 0 spiro atoms. The molecule has 2 rings (SSSR count). The van der Waals surface area contributed by atoms with Crippen LogP contribution in [0.1, 0.15) is 18.2 Å². The van der Waals surface area contributed by atoms with Crippen LogP contribution >= 0.6 is 0 Å². The molecule has 0 amide bonds. The lowest BCUT2D eigenvalue weighted by Crippen LogP contribution is -2.21. The molecule has 0 aliphatic rings. The maximum absolute atomic E-state index is 13.4. The maximum atomic E-state index is 13.4. The lowest BCUT2D eigenvalue weighted by Gasteiger charge is -2.22. The van der Waals surface area contributed by atoms with Crippen molar-refractivity contribution < 1.29 is 8.81 Å². The summed E-state index contributed by atoms with van der Waals surface area (Å²) in [5, 5.41) is 8.84.